The summed E-state index contributed by atoms with van der Waals surface area (Å²) in [7, 11) is 3.98. The first-order valence-electron chi connectivity index (χ1n) is 8.01. The number of piperidine rings is 1. The van der Waals surface area contributed by atoms with E-state index in [1.54, 1.807) is 0 Å². The third kappa shape index (κ3) is 3.07. The van der Waals surface area contributed by atoms with Crippen LogP contribution >= 0.6 is 0 Å². The third-order valence-corrected chi connectivity index (χ3v) is 5.05. The van der Waals surface area contributed by atoms with Gasteiger partial charge in [-0.3, -0.25) is 4.90 Å². The number of methoxy groups -OCH3 is 1. The van der Waals surface area contributed by atoms with Gasteiger partial charge in [0.1, 0.15) is 0 Å². The normalized spacial score (nSPS) is 26.1. The molecule has 2 unspecified atom stereocenters. The van der Waals surface area contributed by atoms with E-state index < -0.39 is 0 Å². The van der Waals surface area contributed by atoms with E-state index in [-0.39, 0.29) is 0 Å². The number of hydrogen-bond donors (Lipinski definition) is 1. The van der Waals surface area contributed by atoms with Crippen LogP contribution in [0.3, 0.4) is 0 Å². The van der Waals surface area contributed by atoms with Crippen molar-refractivity contribution < 1.29 is 4.74 Å². The first-order valence-corrected chi connectivity index (χ1v) is 8.01. The smallest absolute Gasteiger partial charge is 0.0599 e. The molecule has 116 valence electrons. The highest BCUT2D eigenvalue weighted by molar-refractivity contribution is 5.58. The van der Waals surface area contributed by atoms with E-state index in [0.717, 1.165) is 32.5 Å². The van der Waals surface area contributed by atoms with E-state index >= 15 is 0 Å². The number of likely N-dealkylation sites (N-methyl/N-ethyl adjacent to an activating group) is 1. The minimum absolute atomic E-state index is 0.378. The summed E-state index contributed by atoms with van der Waals surface area (Å²) >= 11 is 0. The summed E-state index contributed by atoms with van der Waals surface area (Å²) in [5, 5.41) is 0. The van der Waals surface area contributed by atoms with Gasteiger partial charge in [0, 0.05) is 52.1 Å². The van der Waals surface area contributed by atoms with Gasteiger partial charge in [-0.1, -0.05) is 12.1 Å². The van der Waals surface area contributed by atoms with E-state index in [1.165, 1.54) is 23.2 Å². The van der Waals surface area contributed by atoms with Crippen LogP contribution in [0.2, 0.25) is 0 Å². The Balaban J connectivity index is 1.69. The van der Waals surface area contributed by atoms with Crippen LogP contribution in [0.15, 0.2) is 18.2 Å². The molecule has 1 aromatic rings. The van der Waals surface area contributed by atoms with Crippen LogP contribution in [0.25, 0.3) is 0 Å². The van der Waals surface area contributed by atoms with Gasteiger partial charge < -0.3 is 15.4 Å². The Bertz CT molecular complexity index is 491. The Morgan fingerprint density at radius 3 is 2.95 bits per heavy atom. The van der Waals surface area contributed by atoms with Crippen molar-refractivity contribution in [2.45, 2.75) is 38.0 Å². The number of nitrogens with zero attached hydrogens (tertiary/aromatic N) is 2. The van der Waals surface area contributed by atoms with Gasteiger partial charge in [0.15, 0.2) is 0 Å². The summed E-state index contributed by atoms with van der Waals surface area (Å²) in [6.45, 7) is 3.95. The SMILES string of the molecule is COC1CCN(Cc2ccc3c(c2)CCN3C)C(CN)C1. The Kier molecular flexibility index (Phi) is 4.48. The number of ether oxygens (including phenoxy) is 1. The molecule has 21 heavy (non-hydrogen) atoms. The van der Waals surface area contributed by atoms with Crippen LogP contribution in [0.5, 0.6) is 0 Å². The molecule has 3 rings (SSSR count). The zero-order valence-electron chi connectivity index (χ0n) is 13.2. The van der Waals surface area contributed by atoms with Crippen molar-refractivity contribution in [1.29, 1.82) is 0 Å². The average Bonchev–Trinajstić information content (AvgIpc) is 2.88. The number of benzene rings is 1. The van der Waals surface area contributed by atoms with E-state index in [2.05, 4.69) is 35.0 Å². The van der Waals surface area contributed by atoms with Gasteiger partial charge in [0.05, 0.1) is 6.10 Å². The molecule has 0 radical (unpaired) electrons. The van der Waals surface area contributed by atoms with Crippen molar-refractivity contribution in [2.75, 3.05) is 38.7 Å². The molecule has 1 saturated heterocycles. The molecule has 2 N–H and O–H groups in total. The molecule has 0 bridgehead atoms. The number of rotatable bonds is 4. The zero-order chi connectivity index (χ0) is 14.8. The second-order valence-electron chi connectivity index (χ2n) is 6.38. The third-order valence-electron chi connectivity index (χ3n) is 5.05. The summed E-state index contributed by atoms with van der Waals surface area (Å²) in [4.78, 5) is 4.86. The summed E-state index contributed by atoms with van der Waals surface area (Å²) in [6.07, 6.45) is 3.72. The van der Waals surface area contributed by atoms with Gasteiger partial charge in [-0.15, -0.1) is 0 Å². The summed E-state index contributed by atoms with van der Waals surface area (Å²) in [6, 6.07) is 7.38. The van der Waals surface area contributed by atoms with Crippen molar-refractivity contribution >= 4 is 5.69 Å². The lowest BCUT2D eigenvalue weighted by Crippen LogP contribution is -2.47. The maximum atomic E-state index is 5.97. The van der Waals surface area contributed by atoms with Crippen molar-refractivity contribution in [2.24, 2.45) is 5.73 Å². The maximum Gasteiger partial charge on any atom is 0.0599 e. The molecule has 2 aliphatic heterocycles. The predicted octanol–water partition coefficient (Wildman–Crippen LogP) is 1.62. The second-order valence-corrected chi connectivity index (χ2v) is 6.38. The molecule has 1 fully saturated rings. The van der Waals surface area contributed by atoms with Crippen molar-refractivity contribution in [1.82, 2.24) is 4.90 Å². The second kappa shape index (κ2) is 6.34. The molecule has 2 atom stereocenters. The van der Waals surface area contributed by atoms with Crippen LogP contribution in [-0.2, 0) is 17.7 Å². The van der Waals surface area contributed by atoms with Crippen LogP contribution in [0.1, 0.15) is 24.0 Å². The van der Waals surface area contributed by atoms with Gasteiger partial charge in [0.25, 0.3) is 0 Å². The van der Waals surface area contributed by atoms with Gasteiger partial charge in [0.2, 0.25) is 0 Å². The molecule has 0 aromatic heterocycles. The van der Waals surface area contributed by atoms with Crippen LogP contribution in [-0.4, -0.2) is 50.8 Å². The Morgan fingerprint density at radius 2 is 2.19 bits per heavy atom. The van der Waals surface area contributed by atoms with Gasteiger partial charge in [-0.05, 0) is 36.5 Å². The number of likely N-dealkylation sites (tertiary alicyclic amines) is 1. The Labute approximate surface area is 127 Å². The van der Waals surface area contributed by atoms with Crippen molar-refractivity contribution in [3.63, 3.8) is 0 Å². The monoisotopic (exact) mass is 289 g/mol. The van der Waals surface area contributed by atoms with E-state index in [0.29, 0.717) is 18.7 Å². The largest absolute Gasteiger partial charge is 0.381 e. The van der Waals surface area contributed by atoms with Gasteiger partial charge in [-0.2, -0.15) is 0 Å². The van der Waals surface area contributed by atoms with Crippen LogP contribution in [0.4, 0.5) is 5.69 Å². The molecular formula is C17H27N3O. The molecule has 2 heterocycles. The lowest BCUT2D eigenvalue weighted by atomic mass is 9.98. The Morgan fingerprint density at radius 1 is 1.33 bits per heavy atom. The molecule has 0 spiro atoms. The number of nitrogens with two attached hydrogens (primary N) is 1. The van der Waals surface area contributed by atoms with Crippen molar-refractivity contribution in [3.8, 4) is 0 Å². The van der Waals surface area contributed by atoms with Gasteiger partial charge in [-0.25, -0.2) is 0 Å². The molecule has 1 aromatic carbocycles. The topological polar surface area (TPSA) is 41.7 Å². The lowest BCUT2D eigenvalue weighted by molar-refractivity contribution is 0.0102. The quantitative estimate of drug-likeness (QED) is 0.914. The lowest BCUT2D eigenvalue weighted by Gasteiger charge is -2.38. The minimum atomic E-state index is 0.378. The molecular weight excluding hydrogens is 262 g/mol. The fourth-order valence-electron chi connectivity index (χ4n) is 3.68. The molecule has 2 aliphatic rings. The zero-order valence-corrected chi connectivity index (χ0v) is 13.2. The summed E-state index contributed by atoms with van der Waals surface area (Å²) in [5.74, 6) is 0. The predicted molar refractivity (Wildman–Crippen MR) is 86.7 cm³/mol. The maximum absolute atomic E-state index is 5.97. The average molecular weight is 289 g/mol. The number of fused-ring (bicyclic) bond motifs is 1. The highest BCUT2D eigenvalue weighted by Crippen LogP contribution is 2.29. The first-order chi connectivity index (χ1) is 10.2. The molecule has 0 amide bonds. The highest BCUT2D eigenvalue weighted by Gasteiger charge is 2.27. The minimum Gasteiger partial charge on any atom is -0.381 e. The van der Waals surface area contributed by atoms with E-state index in [4.69, 9.17) is 10.5 Å². The molecule has 4 nitrogen and oxygen atoms in total. The molecule has 4 heteroatoms. The molecule has 0 aliphatic carbocycles. The fourth-order valence-corrected chi connectivity index (χ4v) is 3.68. The Hall–Kier alpha value is -1.10. The molecule has 0 saturated carbocycles. The number of hydrogen-bond acceptors (Lipinski definition) is 4. The van der Waals surface area contributed by atoms with Gasteiger partial charge >= 0.3 is 0 Å². The van der Waals surface area contributed by atoms with E-state index in [1.807, 2.05) is 7.11 Å². The first kappa shape index (κ1) is 14.8. The number of anilines is 1. The highest BCUT2D eigenvalue weighted by atomic mass is 16.5. The van der Waals surface area contributed by atoms with Crippen LogP contribution < -0.4 is 10.6 Å². The van der Waals surface area contributed by atoms with Crippen LogP contribution in [0, 0.1) is 0 Å². The standard InChI is InChI=1S/C17H27N3O/c1-19-7-5-14-9-13(3-4-17(14)19)12-20-8-6-16(21-2)10-15(20)11-18/h3-4,9,15-16H,5-8,10-12,18H2,1-2H3. The summed E-state index contributed by atoms with van der Waals surface area (Å²) in [5.41, 5.74) is 10.3. The fraction of sp³-hybridized carbons (Fsp3) is 0.647. The van der Waals surface area contributed by atoms with E-state index in [9.17, 15) is 0 Å². The summed E-state index contributed by atoms with van der Waals surface area (Å²) < 4.78 is 5.51. The van der Waals surface area contributed by atoms with Crippen molar-refractivity contribution in [3.05, 3.63) is 29.3 Å².